The molecule has 9 heteroatoms. The number of aryl methyl sites for hydroxylation is 1. The molecule has 0 heterocycles. The Balaban J connectivity index is 1.95. The van der Waals surface area contributed by atoms with Gasteiger partial charge in [-0.15, -0.1) is 0 Å². The van der Waals surface area contributed by atoms with Crippen LogP contribution in [0.25, 0.3) is 0 Å². The van der Waals surface area contributed by atoms with E-state index in [4.69, 9.17) is 11.6 Å². The van der Waals surface area contributed by atoms with E-state index in [0.29, 0.717) is 16.3 Å². The summed E-state index contributed by atoms with van der Waals surface area (Å²) in [4.78, 5) is 33.9. The maximum absolute atomic E-state index is 11.9. The van der Waals surface area contributed by atoms with Crippen molar-refractivity contribution < 1.29 is 14.5 Å². The zero-order valence-corrected chi connectivity index (χ0v) is 13.3. The van der Waals surface area contributed by atoms with Gasteiger partial charge < -0.3 is 5.32 Å². The predicted octanol–water partition coefficient (Wildman–Crippen LogP) is 3.02. The Hall–Kier alpha value is -3.13. The summed E-state index contributed by atoms with van der Waals surface area (Å²) in [5, 5.41) is 13.9. The van der Waals surface area contributed by atoms with Gasteiger partial charge in [0.25, 0.3) is 11.6 Å². The van der Waals surface area contributed by atoms with E-state index < -0.39 is 16.9 Å². The highest BCUT2D eigenvalue weighted by Gasteiger charge is 2.15. The molecular formula is C15H13ClN4O4. The Morgan fingerprint density at radius 1 is 1.08 bits per heavy atom. The normalized spacial score (nSPS) is 9.92. The minimum absolute atomic E-state index is 0.0547. The largest absolute Gasteiger partial charge is 0.337 e. The lowest BCUT2D eigenvalue weighted by Crippen LogP contribution is -2.43. The Kier molecular flexibility index (Phi) is 5.33. The van der Waals surface area contributed by atoms with Crippen LogP contribution >= 0.6 is 11.6 Å². The number of nitro groups is 1. The van der Waals surface area contributed by atoms with Gasteiger partial charge in [-0.2, -0.15) is 0 Å². The number of carbonyl (C=O) groups excluding carboxylic acids is 2. The summed E-state index contributed by atoms with van der Waals surface area (Å²) in [5.41, 5.74) is 5.12. The van der Waals surface area contributed by atoms with E-state index in [0.717, 1.165) is 6.07 Å². The second-order valence-electron chi connectivity index (χ2n) is 4.80. The third-order valence-electron chi connectivity index (χ3n) is 3.06. The molecular weight excluding hydrogens is 336 g/mol. The lowest BCUT2D eigenvalue weighted by molar-refractivity contribution is -0.385. The molecule has 0 bridgehead atoms. The van der Waals surface area contributed by atoms with Crippen LogP contribution in [0.3, 0.4) is 0 Å². The van der Waals surface area contributed by atoms with Crippen molar-refractivity contribution in [1.29, 1.82) is 0 Å². The van der Waals surface area contributed by atoms with Gasteiger partial charge in [0.05, 0.1) is 4.92 Å². The summed E-state index contributed by atoms with van der Waals surface area (Å²) < 4.78 is 0. The summed E-state index contributed by atoms with van der Waals surface area (Å²) in [6.07, 6.45) is 0. The summed E-state index contributed by atoms with van der Waals surface area (Å²) in [7, 11) is 0. The van der Waals surface area contributed by atoms with Crippen LogP contribution < -0.4 is 16.2 Å². The van der Waals surface area contributed by atoms with Gasteiger partial charge in [0, 0.05) is 27.9 Å². The van der Waals surface area contributed by atoms with Crippen molar-refractivity contribution in [3.63, 3.8) is 0 Å². The van der Waals surface area contributed by atoms with Crippen molar-refractivity contribution in [2.24, 2.45) is 0 Å². The van der Waals surface area contributed by atoms with E-state index >= 15 is 0 Å². The molecule has 0 spiro atoms. The molecule has 0 saturated carbocycles. The number of halogens is 1. The number of amides is 3. The summed E-state index contributed by atoms with van der Waals surface area (Å²) in [5.74, 6) is -0.677. The lowest BCUT2D eigenvalue weighted by atomic mass is 10.1. The van der Waals surface area contributed by atoms with Gasteiger partial charge in [-0.1, -0.05) is 17.7 Å². The highest BCUT2D eigenvalue weighted by atomic mass is 35.5. The summed E-state index contributed by atoms with van der Waals surface area (Å²) in [6, 6.07) is 9.73. The van der Waals surface area contributed by atoms with Crippen LogP contribution in [-0.4, -0.2) is 16.9 Å². The molecule has 3 N–H and O–H groups in total. The quantitative estimate of drug-likeness (QED) is 0.584. The first-order chi connectivity index (χ1) is 11.4. The zero-order chi connectivity index (χ0) is 17.7. The number of rotatable bonds is 3. The highest BCUT2D eigenvalue weighted by molar-refractivity contribution is 6.30. The van der Waals surface area contributed by atoms with Crippen LogP contribution in [0, 0.1) is 17.0 Å². The molecule has 2 rings (SSSR count). The van der Waals surface area contributed by atoms with Crippen LogP contribution in [0.5, 0.6) is 0 Å². The standard InChI is InChI=1S/C15H13ClN4O4/c1-9-2-3-10(8-13(9)20(23)24)14(21)18-19-15(22)17-12-6-4-11(16)5-7-12/h2-8H,1H3,(H,18,21)(H2,17,19,22). The number of benzene rings is 2. The monoisotopic (exact) mass is 348 g/mol. The number of hydrogen-bond acceptors (Lipinski definition) is 4. The molecule has 0 atom stereocenters. The van der Waals surface area contributed by atoms with E-state index in [1.54, 1.807) is 31.2 Å². The van der Waals surface area contributed by atoms with Gasteiger partial charge in [0.15, 0.2) is 0 Å². The molecule has 3 amide bonds. The predicted molar refractivity (Wildman–Crippen MR) is 88.9 cm³/mol. The molecule has 0 radical (unpaired) electrons. The van der Waals surface area contributed by atoms with E-state index in [1.165, 1.54) is 12.1 Å². The average Bonchev–Trinajstić information content (AvgIpc) is 2.55. The number of hydrazine groups is 1. The minimum Gasteiger partial charge on any atom is -0.307 e. The lowest BCUT2D eigenvalue weighted by Gasteiger charge is -2.09. The molecule has 0 saturated heterocycles. The summed E-state index contributed by atoms with van der Waals surface area (Å²) >= 11 is 5.73. The Morgan fingerprint density at radius 3 is 2.38 bits per heavy atom. The van der Waals surface area contributed by atoms with E-state index in [1.807, 2.05) is 0 Å². The molecule has 0 unspecified atom stereocenters. The molecule has 0 aromatic heterocycles. The van der Waals surface area contributed by atoms with Crippen molar-refractivity contribution >= 4 is 34.9 Å². The van der Waals surface area contributed by atoms with Crippen molar-refractivity contribution in [3.8, 4) is 0 Å². The summed E-state index contributed by atoms with van der Waals surface area (Å²) in [6.45, 7) is 1.57. The second kappa shape index (κ2) is 7.42. The van der Waals surface area contributed by atoms with Crippen LogP contribution in [0.2, 0.25) is 5.02 Å². The Morgan fingerprint density at radius 2 is 1.75 bits per heavy atom. The Labute approximate surface area is 141 Å². The number of nitrogens with zero attached hydrogens (tertiary/aromatic N) is 1. The molecule has 24 heavy (non-hydrogen) atoms. The molecule has 0 fully saturated rings. The van der Waals surface area contributed by atoms with Gasteiger partial charge in [-0.3, -0.25) is 20.3 Å². The van der Waals surface area contributed by atoms with Gasteiger partial charge in [0.1, 0.15) is 0 Å². The fraction of sp³-hybridized carbons (Fsp3) is 0.0667. The first-order valence-electron chi connectivity index (χ1n) is 6.75. The molecule has 2 aromatic rings. The van der Waals surface area contributed by atoms with Crippen molar-refractivity contribution in [2.45, 2.75) is 6.92 Å². The second-order valence-corrected chi connectivity index (χ2v) is 5.23. The molecule has 0 aliphatic heterocycles. The molecule has 8 nitrogen and oxygen atoms in total. The van der Waals surface area contributed by atoms with Crippen molar-refractivity contribution in [1.82, 2.24) is 10.9 Å². The van der Waals surface area contributed by atoms with E-state index in [-0.39, 0.29) is 11.3 Å². The number of hydrogen-bond donors (Lipinski definition) is 3. The van der Waals surface area contributed by atoms with E-state index in [9.17, 15) is 19.7 Å². The van der Waals surface area contributed by atoms with Gasteiger partial charge in [0.2, 0.25) is 0 Å². The van der Waals surface area contributed by atoms with Gasteiger partial charge in [-0.05, 0) is 37.3 Å². The van der Waals surface area contributed by atoms with Crippen molar-refractivity contribution in [2.75, 3.05) is 5.32 Å². The molecule has 124 valence electrons. The SMILES string of the molecule is Cc1ccc(C(=O)NNC(=O)Nc2ccc(Cl)cc2)cc1[N+](=O)[O-]. The number of carbonyl (C=O) groups is 2. The number of nitrogens with one attached hydrogen (secondary N) is 3. The van der Waals surface area contributed by atoms with E-state index in [2.05, 4.69) is 16.2 Å². The van der Waals surface area contributed by atoms with Crippen LogP contribution in [-0.2, 0) is 0 Å². The Bertz CT molecular complexity index is 793. The minimum atomic E-state index is -0.677. The first kappa shape index (κ1) is 17.2. The number of anilines is 1. The average molecular weight is 349 g/mol. The maximum atomic E-state index is 11.9. The topological polar surface area (TPSA) is 113 Å². The number of nitro benzene ring substituents is 1. The first-order valence-corrected chi connectivity index (χ1v) is 7.12. The third-order valence-corrected chi connectivity index (χ3v) is 3.31. The smallest absolute Gasteiger partial charge is 0.307 e. The fourth-order valence-corrected chi connectivity index (χ4v) is 1.95. The third kappa shape index (κ3) is 4.43. The fourth-order valence-electron chi connectivity index (χ4n) is 1.83. The zero-order valence-electron chi connectivity index (χ0n) is 12.5. The van der Waals surface area contributed by atoms with Gasteiger partial charge >= 0.3 is 6.03 Å². The van der Waals surface area contributed by atoms with Crippen molar-refractivity contribution in [3.05, 3.63) is 68.7 Å². The highest BCUT2D eigenvalue weighted by Crippen LogP contribution is 2.19. The number of urea groups is 1. The van der Waals surface area contributed by atoms with Crippen LogP contribution in [0.4, 0.5) is 16.2 Å². The molecule has 0 aliphatic carbocycles. The molecule has 2 aromatic carbocycles. The van der Waals surface area contributed by atoms with Crippen LogP contribution in [0.15, 0.2) is 42.5 Å². The molecule has 0 aliphatic rings. The van der Waals surface area contributed by atoms with Crippen LogP contribution in [0.1, 0.15) is 15.9 Å². The maximum Gasteiger partial charge on any atom is 0.337 e. The van der Waals surface area contributed by atoms with Gasteiger partial charge in [-0.25, -0.2) is 10.2 Å².